The molecular weight excluding hydrogens is 258 g/mol. The van der Waals surface area contributed by atoms with Crippen molar-refractivity contribution in [3.05, 3.63) is 54.6 Å². The van der Waals surface area contributed by atoms with Crippen LogP contribution in [0.2, 0.25) is 0 Å². The number of benzene rings is 2. The minimum atomic E-state index is 1.09. The SMILES string of the molecule is c1ccc2sc(-c3nc4ccccc4s3)cc2c1. The van der Waals surface area contributed by atoms with E-state index in [1.807, 2.05) is 17.4 Å². The lowest BCUT2D eigenvalue weighted by molar-refractivity contribution is 1.50. The molecule has 0 amide bonds. The molecule has 0 fully saturated rings. The van der Waals surface area contributed by atoms with Crippen LogP contribution in [0.4, 0.5) is 0 Å². The number of para-hydroxylation sites is 1. The Labute approximate surface area is 112 Å². The van der Waals surface area contributed by atoms with E-state index in [9.17, 15) is 0 Å². The maximum absolute atomic E-state index is 4.71. The first-order chi connectivity index (χ1) is 8.90. The van der Waals surface area contributed by atoms with Gasteiger partial charge in [-0.05, 0) is 29.7 Å². The summed E-state index contributed by atoms with van der Waals surface area (Å²) in [6, 6.07) is 19.0. The van der Waals surface area contributed by atoms with Gasteiger partial charge in [-0.1, -0.05) is 30.3 Å². The second kappa shape index (κ2) is 3.90. The van der Waals surface area contributed by atoms with E-state index in [1.54, 1.807) is 11.3 Å². The molecule has 0 spiro atoms. The maximum atomic E-state index is 4.71. The number of thiazole rings is 1. The molecule has 2 heterocycles. The van der Waals surface area contributed by atoms with Gasteiger partial charge in [0.1, 0.15) is 5.01 Å². The Bertz CT molecular complexity index is 704. The number of thiophene rings is 1. The normalized spacial score (nSPS) is 11.3. The molecule has 0 saturated heterocycles. The summed E-state index contributed by atoms with van der Waals surface area (Å²) in [4.78, 5) is 5.97. The van der Waals surface area contributed by atoms with Gasteiger partial charge >= 0.3 is 0 Å². The van der Waals surface area contributed by atoms with Gasteiger partial charge in [0.05, 0.1) is 15.1 Å². The number of rotatable bonds is 1. The minimum Gasteiger partial charge on any atom is -0.235 e. The third-order valence-corrected chi connectivity index (χ3v) is 5.25. The number of fused-ring (bicyclic) bond motifs is 2. The molecule has 4 rings (SSSR count). The summed E-state index contributed by atoms with van der Waals surface area (Å²) in [6.07, 6.45) is 0. The van der Waals surface area contributed by atoms with Crippen molar-refractivity contribution in [2.75, 3.05) is 0 Å². The molecule has 1 nitrogen and oxygen atoms in total. The van der Waals surface area contributed by atoms with Crippen molar-refractivity contribution in [1.82, 2.24) is 4.98 Å². The van der Waals surface area contributed by atoms with Crippen LogP contribution in [0.15, 0.2) is 54.6 Å². The van der Waals surface area contributed by atoms with Gasteiger partial charge in [-0.3, -0.25) is 0 Å². The molecule has 0 atom stereocenters. The van der Waals surface area contributed by atoms with E-state index in [-0.39, 0.29) is 0 Å². The highest BCUT2D eigenvalue weighted by atomic mass is 32.1. The summed E-state index contributed by atoms with van der Waals surface area (Å²) >= 11 is 3.58. The van der Waals surface area contributed by atoms with Crippen LogP contribution in [0.25, 0.3) is 30.2 Å². The van der Waals surface area contributed by atoms with E-state index < -0.39 is 0 Å². The van der Waals surface area contributed by atoms with E-state index >= 15 is 0 Å². The third kappa shape index (κ3) is 1.55. The molecule has 2 aromatic carbocycles. The molecule has 0 aliphatic rings. The van der Waals surface area contributed by atoms with Gasteiger partial charge in [0.15, 0.2) is 0 Å². The zero-order valence-electron chi connectivity index (χ0n) is 9.46. The van der Waals surface area contributed by atoms with E-state index in [0.29, 0.717) is 0 Å². The first-order valence-electron chi connectivity index (χ1n) is 5.75. The molecule has 2 aromatic heterocycles. The van der Waals surface area contributed by atoms with Gasteiger partial charge in [-0.15, -0.1) is 22.7 Å². The van der Waals surface area contributed by atoms with Crippen molar-refractivity contribution in [2.45, 2.75) is 0 Å². The van der Waals surface area contributed by atoms with Gasteiger partial charge in [-0.2, -0.15) is 0 Å². The van der Waals surface area contributed by atoms with Crippen molar-refractivity contribution in [1.29, 1.82) is 0 Å². The summed E-state index contributed by atoms with van der Waals surface area (Å²) in [7, 11) is 0. The van der Waals surface area contributed by atoms with Crippen LogP contribution in [0.1, 0.15) is 0 Å². The van der Waals surface area contributed by atoms with Crippen molar-refractivity contribution in [3.63, 3.8) is 0 Å². The average Bonchev–Trinajstić information content (AvgIpc) is 3.02. The maximum Gasteiger partial charge on any atom is 0.134 e. The molecule has 0 bridgehead atoms. The molecule has 0 unspecified atom stereocenters. The van der Waals surface area contributed by atoms with Gasteiger partial charge in [0, 0.05) is 4.70 Å². The molecule has 0 aliphatic carbocycles. The van der Waals surface area contributed by atoms with Crippen LogP contribution in [0, 0.1) is 0 Å². The number of aromatic nitrogens is 1. The molecular formula is C15H9NS2. The first-order valence-corrected chi connectivity index (χ1v) is 7.38. The predicted octanol–water partition coefficient (Wildman–Crippen LogP) is 5.18. The second-order valence-corrected chi connectivity index (χ2v) is 6.25. The quantitative estimate of drug-likeness (QED) is 0.463. The topological polar surface area (TPSA) is 12.9 Å². The monoisotopic (exact) mass is 267 g/mol. The van der Waals surface area contributed by atoms with Gasteiger partial charge in [-0.25, -0.2) is 4.98 Å². The molecule has 0 radical (unpaired) electrons. The van der Waals surface area contributed by atoms with Crippen LogP contribution >= 0.6 is 22.7 Å². The predicted molar refractivity (Wildman–Crippen MR) is 80.4 cm³/mol. The lowest BCUT2D eigenvalue weighted by Gasteiger charge is -1.84. The highest BCUT2D eigenvalue weighted by Gasteiger charge is 2.08. The third-order valence-electron chi connectivity index (χ3n) is 2.93. The van der Waals surface area contributed by atoms with Crippen molar-refractivity contribution < 1.29 is 0 Å². The van der Waals surface area contributed by atoms with Crippen molar-refractivity contribution >= 4 is 43.0 Å². The molecule has 0 aliphatic heterocycles. The summed E-state index contributed by atoms with van der Waals surface area (Å²) < 4.78 is 2.58. The standard InChI is InChI=1S/C15H9NS2/c1-3-7-12-10(5-1)9-14(17-12)15-16-11-6-2-4-8-13(11)18-15/h1-9H. The molecule has 0 N–H and O–H groups in total. The summed E-state index contributed by atoms with van der Waals surface area (Å²) in [5.41, 5.74) is 1.09. The molecule has 18 heavy (non-hydrogen) atoms. The summed E-state index contributed by atoms with van der Waals surface area (Å²) in [6.45, 7) is 0. The Morgan fingerprint density at radius 3 is 2.39 bits per heavy atom. The number of hydrogen-bond acceptors (Lipinski definition) is 3. The molecule has 3 heteroatoms. The molecule has 86 valence electrons. The van der Waals surface area contributed by atoms with Gasteiger partial charge in [0.2, 0.25) is 0 Å². The van der Waals surface area contributed by atoms with Crippen LogP contribution in [0.5, 0.6) is 0 Å². The van der Waals surface area contributed by atoms with E-state index in [4.69, 9.17) is 4.98 Å². The van der Waals surface area contributed by atoms with Gasteiger partial charge in [0.25, 0.3) is 0 Å². The fourth-order valence-electron chi connectivity index (χ4n) is 2.06. The molecule has 0 saturated carbocycles. The number of hydrogen-bond donors (Lipinski definition) is 0. The average molecular weight is 267 g/mol. The summed E-state index contributed by atoms with van der Waals surface area (Å²) in [5.74, 6) is 0. The lowest BCUT2D eigenvalue weighted by atomic mass is 10.2. The zero-order chi connectivity index (χ0) is 11.9. The Balaban J connectivity index is 1.95. The highest BCUT2D eigenvalue weighted by Crippen LogP contribution is 2.37. The van der Waals surface area contributed by atoms with Crippen LogP contribution in [0.3, 0.4) is 0 Å². The zero-order valence-corrected chi connectivity index (χ0v) is 11.1. The summed E-state index contributed by atoms with van der Waals surface area (Å²) in [5, 5.41) is 2.43. The largest absolute Gasteiger partial charge is 0.235 e. The van der Waals surface area contributed by atoms with Crippen LogP contribution in [-0.4, -0.2) is 4.98 Å². The van der Waals surface area contributed by atoms with E-state index in [1.165, 1.54) is 19.7 Å². The first kappa shape index (κ1) is 10.2. The van der Waals surface area contributed by atoms with E-state index in [2.05, 4.69) is 48.5 Å². The Morgan fingerprint density at radius 2 is 1.56 bits per heavy atom. The van der Waals surface area contributed by atoms with Crippen molar-refractivity contribution in [2.24, 2.45) is 0 Å². The smallest absolute Gasteiger partial charge is 0.134 e. The second-order valence-electron chi connectivity index (χ2n) is 4.14. The Hall–Kier alpha value is -1.71. The molecule has 4 aromatic rings. The van der Waals surface area contributed by atoms with E-state index in [0.717, 1.165) is 10.5 Å². The fourth-order valence-corrected chi connectivity index (χ4v) is 4.14. The van der Waals surface area contributed by atoms with Crippen molar-refractivity contribution in [3.8, 4) is 9.88 Å². The highest BCUT2D eigenvalue weighted by molar-refractivity contribution is 7.28. The van der Waals surface area contributed by atoms with Crippen LogP contribution < -0.4 is 0 Å². The van der Waals surface area contributed by atoms with Gasteiger partial charge < -0.3 is 0 Å². The Kier molecular flexibility index (Phi) is 2.22. The lowest BCUT2D eigenvalue weighted by Crippen LogP contribution is -1.67. The Morgan fingerprint density at radius 1 is 0.778 bits per heavy atom. The van der Waals surface area contributed by atoms with Crippen LogP contribution in [-0.2, 0) is 0 Å². The fraction of sp³-hybridized carbons (Fsp3) is 0. The minimum absolute atomic E-state index is 1.09. The number of nitrogens with zero attached hydrogens (tertiary/aromatic N) is 1.